The first-order chi connectivity index (χ1) is 11.9. The van der Waals surface area contributed by atoms with Crippen LogP contribution in [0.5, 0.6) is 11.5 Å². The molecule has 2 aromatic rings. The molecule has 2 aromatic carbocycles. The Bertz CT molecular complexity index is 844. The normalized spacial score (nSPS) is 20.0. The van der Waals surface area contributed by atoms with Crippen LogP contribution in [0.1, 0.15) is 31.0 Å². The SMILES string of the molecule is CC1(C)COc2cc(-c3ccc4c(c3)CCO4)ccc2C1NC(=O)O. The van der Waals surface area contributed by atoms with Gasteiger partial charge in [-0.3, -0.25) is 0 Å². The molecule has 5 heteroatoms. The van der Waals surface area contributed by atoms with E-state index in [0.717, 1.165) is 41.2 Å². The Balaban J connectivity index is 1.72. The van der Waals surface area contributed by atoms with E-state index in [-0.39, 0.29) is 11.5 Å². The minimum absolute atomic E-state index is 0.295. The van der Waals surface area contributed by atoms with E-state index < -0.39 is 6.09 Å². The van der Waals surface area contributed by atoms with Crippen molar-refractivity contribution < 1.29 is 19.4 Å². The molecule has 2 heterocycles. The van der Waals surface area contributed by atoms with Crippen molar-refractivity contribution in [2.24, 2.45) is 5.41 Å². The molecule has 4 rings (SSSR count). The second-order valence-corrected chi connectivity index (χ2v) is 7.33. The van der Waals surface area contributed by atoms with Gasteiger partial charge in [-0.15, -0.1) is 0 Å². The van der Waals surface area contributed by atoms with Gasteiger partial charge >= 0.3 is 6.09 Å². The van der Waals surface area contributed by atoms with Crippen LogP contribution in [0.25, 0.3) is 11.1 Å². The van der Waals surface area contributed by atoms with E-state index in [1.165, 1.54) is 5.56 Å². The van der Waals surface area contributed by atoms with Gasteiger partial charge < -0.3 is 19.9 Å². The molecule has 1 unspecified atom stereocenters. The Labute approximate surface area is 146 Å². The Morgan fingerprint density at radius 3 is 2.68 bits per heavy atom. The third-order valence-corrected chi connectivity index (χ3v) is 5.00. The van der Waals surface area contributed by atoms with E-state index in [4.69, 9.17) is 9.47 Å². The smallest absolute Gasteiger partial charge is 0.405 e. The van der Waals surface area contributed by atoms with Gasteiger partial charge in [0.1, 0.15) is 11.5 Å². The number of hydrogen-bond acceptors (Lipinski definition) is 3. The van der Waals surface area contributed by atoms with Crippen LogP contribution in [0.2, 0.25) is 0 Å². The molecule has 0 aromatic heterocycles. The summed E-state index contributed by atoms with van der Waals surface area (Å²) in [7, 11) is 0. The van der Waals surface area contributed by atoms with E-state index in [0.29, 0.717) is 6.61 Å². The molecule has 0 fully saturated rings. The highest BCUT2D eigenvalue weighted by Gasteiger charge is 2.38. The van der Waals surface area contributed by atoms with Crippen LogP contribution < -0.4 is 14.8 Å². The minimum atomic E-state index is -1.02. The number of carbonyl (C=O) groups is 1. The number of amides is 1. The highest BCUT2D eigenvalue weighted by molar-refractivity contribution is 5.70. The monoisotopic (exact) mass is 339 g/mol. The summed E-state index contributed by atoms with van der Waals surface area (Å²) in [5.41, 5.74) is 3.97. The predicted octanol–water partition coefficient (Wildman–Crippen LogP) is 4.02. The highest BCUT2D eigenvalue weighted by atomic mass is 16.5. The van der Waals surface area contributed by atoms with Crippen LogP contribution in [0, 0.1) is 5.41 Å². The van der Waals surface area contributed by atoms with Gasteiger partial charge in [0, 0.05) is 17.4 Å². The summed E-state index contributed by atoms with van der Waals surface area (Å²) in [4.78, 5) is 11.2. The first kappa shape index (κ1) is 15.8. The number of hydrogen-bond donors (Lipinski definition) is 2. The molecule has 0 saturated heterocycles. The van der Waals surface area contributed by atoms with E-state index in [1.807, 2.05) is 44.2 Å². The lowest BCUT2D eigenvalue weighted by molar-refractivity contribution is 0.0996. The highest BCUT2D eigenvalue weighted by Crippen LogP contribution is 2.44. The molecule has 130 valence electrons. The van der Waals surface area contributed by atoms with Gasteiger partial charge in [-0.1, -0.05) is 32.0 Å². The Hall–Kier alpha value is -2.69. The topological polar surface area (TPSA) is 67.8 Å². The third-order valence-electron chi connectivity index (χ3n) is 5.00. The summed E-state index contributed by atoms with van der Waals surface area (Å²) in [6, 6.07) is 11.9. The van der Waals surface area contributed by atoms with Crippen LogP contribution in [-0.4, -0.2) is 24.4 Å². The second kappa shape index (κ2) is 5.69. The van der Waals surface area contributed by atoms with Crippen molar-refractivity contribution in [3.05, 3.63) is 47.5 Å². The fourth-order valence-electron chi connectivity index (χ4n) is 3.61. The Morgan fingerprint density at radius 1 is 1.12 bits per heavy atom. The zero-order chi connectivity index (χ0) is 17.6. The average molecular weight is 339 g/mol. The van der Waals surface area contributed by atoms with Crippen molar-refractivity contribution in [2.45, 2.75) is 26.3 Å². The second-order valence-electron chi connectivity index (χ2n) is 7.33. The fourth-order valence-corrected chi connectivity index (χ4v) is 3.61. The van der Waals surface area contributed by atoms with Gasteiger partial charge in [-0.25, -0.2) is 4.79 Å². The molecule has 5 nitrogen and oxygen atoms in total. The number of ether oxygens (including phenoxy) is 2. The van der Waals surface area contributed by atoms with Crippen molar-refractivity contribution in [3.8, 4) is 22.6 Å². The van der Waals surface area contributed by atoms with Crippen molar-refractivity contribution in [1.82, 2.24) is 5.32 Å². The zero-order valence-electron chi connectivity index (χ0n) is 14.3. The molecule has 0 aliphatic carbocycles. The van der Waals surface area contributed by atoms with Crippen LogP contribution in [0.3, 0.4) is 0 Å². The Kier molecular flexibility index (Phi) is 3.60. The summed E-state index contributed by atoms with van der Waals surface area (Å²) >= 11 is 0. The van der Waals surface area contributed by atoms with Crippen molar-refractivity contribution in [1.29, 1.82) is 0 Å². The van der Waals surface area contributed by atoms with E-state index in [2.05, 4.69) is 11.4 Å². The number of nitrogens with one attached hydrogen (secondary N) is 1. The third kappa shape index (κ3) is 2.80. The number of rotatable bonds is 2. The lowest BCUT2D eigenvalue weighted by Gasteiger charge is -2.39. The molecule has 0 saturated carbocycles. The standard InChI is InChI=1S/C20H21NO4/c1-20(2)11-25-17-10-13(3-5-15(17)18(20)21-19(22)23)12-4-6-16-14(9-12)7-8-24-16/h3-6,9-10,18,21H,7-8,11H2,1-2H3,(H,22,23). The first-order valence-corrected chi connectivity index (χ1v) is 8.46. The van der Waals surface area contributed by atoms with Crippen molar-refractivity contribution in [2.75, 3.05) is 13.2 Å². The van der Waals surface area contributed by atoms with Crippen LogP contribution in [0.15, 0.2) is 36.4 Å². The maximum Gasteiger partial charge on any atom is 0.405 e. The van der Waals surface area contributed by atoms with E-state index in [1.54, 1.807) is 0 Å². The Morgan fingerprint density at radius 2 is 1.88 bits per heavy atom. The van der Waals surface area contributed by atoms with Crippen molar-refractivity contribution >= 4 is 6.09 Å². The van der Waals surface area contributed by atoms with Crippen LogP contribution in [-0.2, 0) is 6.42 Å². The minimum Gasteiger partial charge on any atom is -0.493 e. The van der Waals surface area contributed by atoms with Crippen molar-refractivity contribution in [3.63, 3.8) is 0 Å². The summed E-state index contributed by atoms with van der Waals surface area (Å²) in [6.45, 7) is 5.21. The van der Waals surface area contributed by atoms with Gasteiger partial charge in [0.05, 0.1) is 19.3 Å². The summed E-state index contributed by atoms with van der Waals surface area (Å²) in [5.74, 6) is 1.71. The molecule has 1 atom stereocenters. The summed E-state index contributed by atoms with van der Waals surface area (Å²) < 4.78 is 11.5. The number of carboxylic acid groups (broad SMARTS) is 1. The average Bonchev–Trinajstić information content (AvgIpc) is 3.04. The molecule has 2 aliphatic heterocycles. The van der Waals surface area contributed by atoms with Gasteiger partial charge in [0.25, 0.3) is 0 Å². The predicted molar refractivity (Wildman–Crippen MR) is 94.3 cm³/mol. The van der Waals surface area contributed by atoms with E-state index >= 15 is 0 Å². The zero-order valence-corrected chi connectivity index (χ0v) is 14.3. The largest absolute Gasteiger partial charge is 0.493 e. The first-order valence-electron chi connectivity index (χ1n) is 8.46. The van der Waals surface area contributed by atoms with Crippen LogP contribution in [0.4, 0.5) is 4.79 Å². The molecule has 2 aliphatic rings. The van der Waals surface area contributed by atoms with E-state index in [9.17, 15) is 9.90 Å². The molecule has 2 N–H and O–H groups in total. The van der Waals surface area contributed by atoms with Gasteiger partial charge in [-0.05, 0) is 34.9 Å². The van der Waals surface area contributed by atoms with Gasteiger partial charge in [0.2, 0.25) is 0 Å². The maximum absolute atomic E-state index is 11.2. The molecular formula is C20H21NO4. The molecule has 25 heavy (non-hydrogen) atoms. The quantitative estimate of drug-likeness (QED) is 0.867. The molecule has 0 spiro atoms. The number of benzene rings is 2. The molecular weight excluding hydrogens is 318 g/mol. The fraction of sp³-hybridized carbons (Fsp3) is 0.350. The number of fused-ring (bicyclic) bond motifs is 2. The molecule has 0 radical (unpaired) electrons. The lowest BCUT2D eigenvalue weighted by atomic mass is 9.78. The lowest BCUT2D eigenvalue weighted by Crippen LogP contribution is -2.43. The maximum atomic E-state index is 11.2. The summed E-state index contributed by atoms with van der Waals surface area (Å²) in [6.07, 6.45) is -0.0859. The molecule has 0 bridgehead atoms. The van der Waals surface area contributed by atoms with Gasteiger partial charge in [0.15, 0.2) is 0 Å². The summed E-state index contributed by atoms with van der Waals surface area (Å²) in [5, 5.41) is 11.8. The van der Waals surface area contributed by atoms with Gasteiger partial charge in [-0.2, -0.15) is 0 Å². The molecule has 1 amide bonds. The van der Waals surface area contributed by atoms with Crippen LogP contribution >= 0.6 is 0 Å².